The summed E-state index contributed by atoms with van der Waals surface area (Å²) in [6.45, 7) is 7.28. The van der Waals surface area contributed by atoms with E-state index in [1.165, 1.54) is 0 Å². The molecule has 0 saturated carbocycles. The fourth-order valence-electron chi connectivity index (χ4n) is 2.42. The van der Waals surface area contributed by atoms with Crippen molar-refractivity contribution in [2.24, 2.45) is 13.0 Å². The van der Waals surface area contributed by atoms with E-state index in [4.69, 9.17) is 4.74 Å². The molecule has 0 amide bonds. The molecule has 0 bridgehead atoms. The zero-order valence-corrected chi connectivity index (χ0v) is 12.4. The van der Waals surface area contributed by atoms with Gasteiger partial charge in [0.05, 0.1) is 12.7 Å². The Labute approximate surface area is 115 Å². The van der Waals surface area contributed by atoms with Crippen molar-refractivity contribution in [2.45, 2.75) is 45.6 Å². The number of aryl methyl sites for hydroxylation is 1. The van der Waals surface area contributed by atoms with E-state index < -0.39 is 0 Å². The molecule has 5 nitrogen and oxygen atoms in total. The van der Waals surface area contributed by atoms with E-state index >= 15 is 0 Å². The second kappa shape index (κ2) is 7.01. The predicted octanol–water partition coefficient (Wildman–Crippen LogP) is 1.32. The van der Waals surface area contributed by atoms with Crippen molar-refractivity contribution < 1.29 is 4.74 Å². The molecule has 2 heterocycles. The van der Waals surface area contributed by atoms with Crippen molar-refractivity contribution in [3.05, 3.63) is 11.6 Å². The minimum Gasteiger partial charge on any atom is -0.378 e. The second-order valence-electron chi connectivity index (χ2n) is 5.74. The summed E-state index contributed by atoms with van der Waals surface area (Å²) in [4.78, 5) is 4.59. The lowest BCUT2D eigenvalue weighted by Crippen LogP contribution is -2.32. The summed E-state index contributed by atoms with van der Waals surface area (Å²) in [5.74, 6) is 2.58. The molecule has 19 heavy (non-hydrogen) atoms. The molecule has 1 saturated heterocycles. The van der Waals surface area contributed by atoms with Crippen LogP contribution < -0.4 is 5.32 Å². The van der Waals surface area contributed by atoms with Crippen LogP contribution in [0, 0.1) is 5.92 Å². The number of hydrogen-bond donors (Lipinski definition) is 1. The summed E-state index contributed by atoms with van der Waals surface area (Å²) >= 11 is 0. The van der Waals surface area contributed by atoms with E-state index in [1.807, 2.05) is 11.7 Å². The molecule has 0 spiro atoms. The lowest BCUT2D eigenvalue weighted by Gasteiger charge is -2.22. The summed E-state index contributed by atoms with van der Waals surface area (Å²) < 4.78 is 7.80. The molecular weight excluding hydrogens is 240 g/mol. The van der Waals surface area contributed by atoms with Gasteiger partial charge in [0.2, 0.25) is 0 Å². The normalized spacial score (nSPS) is 17.3. The Bertz CT molecular complexity index is 383. The molecular formula is C14H26N4O. The van der Waals surface area contributed by atoms with Crippen molar-refractivity contribution >= 4 is 0 Å². The number of ether oxygens (including phenoxy) is 1. The Kier molecular flexibility index (Phi) is 5.34. The molecule has 1 aromatic heterocycles. The van der Waals surface area contributed by atoms with Crippen LogP contribution in [0.3, 0.4) is 0 Å². The number of aromatic nitrogens is 3. The van der Waals surface area contributed by atoms with Gasteiger partial charge in [-0.1, -0.05) is 13.8 Å². The van der Waals surface area contributed by atoms with Crippen LogP contribution in [0.15, 0.2) is 0 Å². The van der Waals surface area contributed by atoms with Gasteiger partial charge in [-0.15, -0.1) is 0 Å². The number of nitrogens with zero attached hydrogens (tertiary/aromatic N) is 3. The topological polar surface area (TPSA) is 52.0 Å². The SMILES string of the molecule is CC(C)Cc1nc(CCOC2CCNCC2)n(C)n1. The van der Waals surface area contributed by atoms with Crippen LogP contribution in [-0.2, 0) is 24.6 Å². The van der Waals surface area contributed by atoms with Crippen molar-refractivity contribution in [3.63, 3.8) is 0 Å². The summed E-state index contributed by atoms with van der Waals surface area (Å²) in [6, 6.07) is 0. The average Bonchev–Trinajstić information content (AvgIpc) is 2.70. The molecule has 1 aliphatic heterocycles. The largest absolute Gasteiger partial charge is 0.378 e. The van der Waals surface area contributed by atoms with E-state index in [1.54, 1.807) is 0 Å². The summed E-state index contributed by atoms with van der Waals surface area (Å²) in [6.07, 6.45) is 4.47. The molecule has 0 radical (unpaired) electrons. The van der Waals surface area contributed by atoms with Crippen LogP contribution in [0.1, 0.15) is 38.3 Å². The maximum atomic E-state index is 5.91. The maximum Gasteiger partial charge on any atom is 0.151 e. The molecule has 0 aliphatic carbocycles. The second-order valence-corrected chi connectivity index (χ2v) is 5.74. The maximum absolute atomic E-state index is 5.91. The Morgan fingerprint density at radius 2 is 2.11 bits per heavy atom. The first kappa shape index (κ1) is 14.5. The van der Waals surface area contributed by atoms with Crippen LogP contribution in [0.4, 0.5) is 0 Å². The van der Waals surface area contributed by atoms with Gasteiger partial charge >= 0.3 is 0 Å². The lowest BCUT2D eigenvalue weighted by molar-refractivity contribution is 0.0339. The average molecular weight is 266 g/mol. The van der Waals surface area contributed by atoms with Gasteiger partial charge < -0.3 is 10.1 Å². The Hall–Kier alpha value is -0.940. The van der Waals surface area contributed by atoms with Crippen molar-refractivity contribution in [1.82, 2.24) is 20.1 Å². The Morgan fingerprint density at radius 1 is 1.37 bits per heavy atom. The molecule has 0 atom stereocenters. The third kappa shape index (κ3) is 4.58. The summed E-state index contributed by atoms with van der Waals surface area (Å²) in [5, 5.41) is 7.80. The smallest absolute Gasteiger partial charge is 0.151 e. The van der Waals surface area contributed by atoms with Crippen LogP contribution in [0.5, 0.6) is 0 Å². The van der Waals surface area contributed by atoms with E-state index in [0.29, 0.717) is 12.0 Å². The highest BCUT2D eigenvalue weighted by Gasteiger charge is 2.14. The van der Waals surface area contributed by atoms with Crippen molar-refractivity contribution in [1.29, 1.82) is 0 Å². The number of nitrogens with one attached hydrogen (secondary N) is 1. The highest BCUT2D eigenvalue weighted by molar-refractivity contribution is 4.93. The molecule has 1 N–H and O–H groups in total. The van der Waals surface area contributed by atoms with Gasteiger partial charge in [0.25, 0.3) is 0 Å². The molecule has 0 unspecified atom stereocenters. The van der Waals surface area contributed by atoms with Crippen LogP contribution in [0.2, 0.25) is 0 Å². The minimum atomic E-state index is 0.421. The monoisotopic (exact) mass is 266 g/mol. The van der Waals surface area contributed by atoms with Crippen LogP contribution in [-0.4, -0.2) is 40.6 Å². The van der Waals surface area contributed by atoms with Gasteiger partial charge in [0.15, 0.2) is 5.82 Å². The quantitative estimate of drug-likeness (QED) is 0.844. The summed E-state index contributed by atoms with van der Waals surface area (Å²) in [5.41, 5.74) is 0. The van der Waals surface area contributed by atoms with Crippen molar-refractivity contribution in [2.75, 3.05) is 19.7 Å². The van der Waals surface area contributed by atoms with Gasteiger partial charge in [0, 0.05) is 19.9 Å². The molecule has 1 aliphatic rings. The van der Waals surface area contributed by atoms with E-state index in [2.05, 4.69) is 29.2 Å². The Morgan fingerprint density at radius 3 is 2.79 bits per heavy atom. The molecule has 1 aromatic rings. The van der Waals surface area contributed by atoms with Crippen LogP contribution in [0.25, 0.3) is 0 Å². The van der Waals surface area contributed by atoms with E-state index in [-0.39, 0.29) is 0 Å². The van der Waals surface area contributed by atoms with E-state index in [0.717, 1.165) is 57.0 Å². The zero-order chi connectivity index (χ0) is 13.7. The fourth-order valence-corrected chi connectivity index (χ4v) is 2.42. The zero-order valence-electron chi connectivity index (χ0n) is 12.4. The first-order chi connectivity index (χ1) is 9.15. The van der Waals surface area contributed by atoms with Gasteiger partial charge in [-0.05, 0) is 31.8 Å². The van der Waals surface area contributed by atoms with E-state index in [9.17, 15) is 0 Å². The van der Waals surface area contributed by atoms with Gasteiger partial charge in [0.1, 0.15) is 5.82 Å². The van der Waals surface area contributed by atoms with Crippen molar-refractivity contribution in [3.8, 4) is 0 Å². The van der Waals surface area contributed by atoms with Gasteiger partial charge in [-0.25, -0.2) is 4.98 Å². The standard InChI is InChI=1S/C14H26N4O/c1-11(2)10-13-16-14(18(3)17-13)6-9-19-12-4-7-15-8-5-12/h11-12,15H,4-10H2,1-3H3. The Balaban J connectivity index is 1.77. The molecule has 5 heteroatoms. The van der Waals surface area contributed by atoms with Gasteiger partial charge in [-0.2, -0.15) is 5.10 Å². The third-order valence-corrected chi connectivity index (χ3v) is 3.45. The highest BCUT2D eigenvalue weighted by atomic mass is 16.5. The molecule has 2 rings (SSSR count). The molecule has 108 valence electrons. The first-order valence-corrected chi connectivity index (χ1v) is 7.36. The highest BCUT2D eigenvalue weighted by Crippen LogP contribution is 2.09. The molecule has 1 fully saturated rings. The fraction of sp³-hybridized carbons (Fsp3) is 0.857. The van der Waals surface area contributed by atoms with Gasteiger partial charge in [-0.3, -0.25) is 4.68 Å². The summed E-state index contributed by atoms with van der Waals surface area (Å²) in [7, 11) is 1.97. The van der Waals surface area contributed by atoms with Crippen LogP contribution >= 0.6 is 0 Å². The first-order valence-electron chi connectivity index (χ1n) is 7.36. The number of piperidine rings is 1. The molecule has 0 aromatic carbocycles. The predicted molar refractivity (Wildman–Crippen MR) is 75.1 cm³/mol. The lowest BCUT2D eigenvalue weighted by atomic mass is 10.1. The minimum absolute atomic E-state index is 0.421. The number of hydrogen-bond acceptors (Lipinski definition) is 4. The number of rotatable bonds is 6. The third-order valence-electron chi connectivity index (χ3n) is 3.45.